The summed E-state index contributed by atoms with van der Waals surface area (Å²) >= 11 is 0. The van der Waals surface area contributed by atoms with Gasteiger partial charge in [-0.15, -0.1) is 0 Å². The fourth-order valence-corrected chi connectivity index (χ4v) is 2.47. The summed E-state index contributed by atoms with van der Waals surface area (Å²) in [6.45, 7) is 6.78. The van der Waals surface area contributed by atoms with Gasteiger partial charge in [-0.05, 0) is 44.6 Å². The second-order valence-corrected chi connectivity index (χ2v) is 6.01. The Morgan fingerprint density at radius 3 is 2.72 bits per heavy atom. The van der Waals surface area contributed by atoms with Crippen molar-refractivity contribution in [2.24, 2.45) is 0 Å². The average Bonchev–Trinajstić information content (AvgIpc) is 2.27. The van der Waals surface area contributed by atoms with Crippen molar-refractivity contribution in [3.8, 4) is 0 Å². The third kappa shape index (κ3) is 3.33. The Morgan fingerprint density at radius 1 is 1.39 bits per heavy atom. The summed E-state index contributed by atoms with van der Waals surface area (Å²) in [5.41, 5.74) is 2.25. The molecule has 2 heteroatoms. The highest BCUT2D eigenvalue weighted by molar-refractivity contribution is 5.27. The molecule has 1 saturated carbocycles. The van der Waals surface area contributed by atoms with Crippen LogP contribution in [0, 0.1) is 6.92 Å². The van der Waals surface area contributed by atoms with E-state index in [0.717, 1.165) is 6.42 Å². The van der Waals surface area contributed by atoms with Gasteiger partial charge >= 0.3 is 0 Å². The van der Waals surface area contributed by atoms with Gasteiger partial charge in [0.25, 0.3) is 0 Å². The van der Waals surface area contributed by atoms with Crippen molar-refractivity contribution < 1.29 is 5.11 Å². The van der Waals surface area contributed by atoms with Gasteiger partial charge in [0.05, 0.1) is 5.60 Å². The lowest BCUT2D eigenvalue weighted by atomic mass is 9.75. The fourth-order valence-electron chi connectivity index (χ4n) is 2.47. The second-order valence-electron chi connectivity index (χ2n) is 6.01. The van der Waals surface area contributed by atoms with E-state index in [1.807, 2.05) is 13.8 Å². The molecule has 2 N–H and O–H groups in total. The summed E-state index contributed by atoms with van der Waals surface area (Å²) in [5.74, 6) is 0.703. The van der Waals surface area contributed by atoms with E-state index >= 15 is 0 Å². The molecule has 1 unspecified atom stereocenters. The molecule has 1 atom stereocenters. The average molecular weight is 247 g/mol. The Morgan fingerprint density at radius 2 is 2.11 bits per heavy atom. The molecule has 0 heterocycles. The molecule has 0 bridgehead atoms. The molecule has 18 heavy (non-hydrogen) atoms. The Labute approximate surface area is 110 Å². The maximum absolute atomic E-state index is 9.95. The first-order valence-electron chi connectivity index (χ1n) is 7.02. The number of hydrogen-bond donors (Lipinski definition) is 2. The van der Waals surface area contributed by atoms with Crippen LogP contribution in [0.5, 0.6) is 0 Å². The minimum Gasteiger partial charge on any atom is -0.389 e. The molecule has 0 aliphatic heterocycles. The number of aryl methyl sites for hydroxylation is 1. The van der Waals surface area contributed by atoms with Crippen LogP contribution in [0.2, 0.25) is 0 Å². The topological polar surface area (TPSA) is 32.3 Å². The maximum Gasteiger partial charge on any atom is 0.0741 e. The first kappa shape index (κ1) is 13.6. The van der Waals surface area contributed by atoms with Gasteiger partial charge in [-0.25, -0.2) is 0 Å². The van der Waals surface area contributed by atoms with Gasteiger partial charge in [0, 0.05) is 12.6 Å². The lowest BCUT2D eigenvalue weighted by molar-refractivity contribution is 0.0482. The molecule has 1 aliphatic rings. The van der Waals surface area contributed by atoms with Gasteiger partial charge in [-0.3, -0.25) is 0 Å². The lowest BCUT2D eigenvalue weighted by Crippen LogP contribution is -2.47. The summed E-state index contributed by atoms with van der Waals surface area (Å²) in [4.78, 5) is 0. The van der Waals surface area contributed by atoms with Crippen molar-refractivity contribution in [1.29, 1.82) is 0 Å². The molecule has 0 radical (unpaired) electrons. The third-order valence-corrected chi connectivity index (χ3v) is 4.18. The molecule has 0 saturated heterocycles. The quantitative estimate of drug-likeness (QED) is 0.838. The predicted octanol–water partition coefficient (Wildman–Crippen LogP) is 2.99. The van der Waals surface area contributed by atoms with Crippen molar-refractivity contribution in [2.45, 2.75) is 57.6 Å². The van der Waals surface area contributed by atoms with E-state index in [-0.39, 0.29) is 0 Å². The Kier molecular flexibility index (Phi) is 4.08. The maximum atomic E-state index is 9.95. The number of rotatable bonds is 5. The largest absolute Gasteiger partial charge is 0.389 e. The molecule has 1 aromatic carbocycles. The summed E-state index contributed by atoms with van der Waals surface area (Å²) in [6, 6.07) is 9.40. The third-order valence-electron chi connectivity index (χ3n) is 4.18. The Balaban J connectivity index is 1.77. The van der Waals surface area contributed by atoms with Crippen molar-refractivity contribution in [1.82, 2.24) is 5.32 Å². The monoisotopic (exact) mass is 247 g/mol. The van der Waals surface area contributed by atoms with Gasteiger partial charge in [0.15, 0.2) is 0 Å². The molecular formula is C16H25NO. The van der Waals surface area contributed by atoms with Crippen LogP contribution in [0.1, 0.15) is 50.2 Å². The van der Waals surface area contributed by atoms with Gasteiger partial charge in [0.1, 0.15) is 0 Å². The van der Waals surface area contributed by atoms with Crippen LogP contribution in [0.15, 0.2) is 24.3 Å². The van der Waals surface area contributed by atoms with Crippen LogP contribution in [-0.4, -0.2) is 23.3 Å². The van der Waals surface area contributed by atoms with Crippen molar-refractivity contribution in [3.63, 3.8) is 0 Å². The molecule has 100 valence electrons. The molecule has 1 fully saturated rings. The zero-order valence-corrected chi connectivity index (χ0v) is 11.7. The molecule has 1 aromatic rings. The van der Waals surface area contributed by atoms with E-state index in [1.54, 1.807) is 0 Å². The molecule has 0 aromatic heterocycles. The van der Waals surface area contributed by atoms with Crippen LogP contribution in [0.3, 0.4) is 0 Å². The Hall–Kier alpha value is -0.860. The van der Waals surface area contributed by atoms with E-state index < -0.39 is 5.60 Å². The number of hydrogen-bond acceptors (Lipinski definition) is 2. The highest BCUT2D eigenvalue weighted by Crippen LogP contribution is 2.37. The molecule has 2 nitrogen and oxygen atoms in total. The molecular weight excluding hydrogens is 222 g/mol. The molecule has 0 spiro atoms. The van der Waals surface area contributed by atoms with Crippen molar-refractivity contribution in [2.75, 3.05) is 6.54 Å². The van der Waals surface area contributed by atoms with Crippen molar-refractivity contribution in [3.05, 3.63) is 35.4 Å². The number of nitrogens with one attached hydrogen (secondary N) is 1. The predicted molar refractivity (Wildman–Crippen MR) is 75.9 cm³/mol. The second kappa shape index (κ2) is 5.41. The fraction of sp³-hybridized carbons (Fsp3) is 0.625. The first-order valence-corrected chi connectivity index (χ1v) is 7.02. The van der Waals surface area contributed by atoms with E-state index in [4.69, 9.17) is 0 Å². The van der Waals surface area contributed by atoms with E-state index in [9.17, 15) is 5.11 Å². The van der Waals surface area contributed by atoms with Crippen LogP contribution >= 0.6 is 0 Å². The number of benzene rings is 1. The van der Waals surface area contributed by atoms with Gasteiger partial charge in [-0.2, -0.15) is 0 Å². The normalized spacial score (nSPS) is 26.4. The summed E-state index contributed by atoms with van der Waals surface area (Å²) in [7, 11) is 0. The number of aliphatic hydroxyl groups is 1. The summed E-state index contributed by atoms with van der Waals surface area (Å²) in [6.07, 6.45) is 3.19. The van der Waals surface area contributed by atoms with Crippen molar-refractivity contribution >= 4 is 0 Å². The van der Waals surface area contributed by atoms with Crippen LogP contribution in [-0.2, 0) is 0 Å². The standard InChI is InChI=1S/C16H25NO/c1-4-16(3,18)11-17-15-9-14(10-15)13-7-5-6-12(2)8-13/h5-8,14-15,17-18H,4,9-11H2,1-3H3. The lowest BCUT2D eigenvalue weighted by Gasteiger charge is -2.38. The van der Waals surface area contributed by atoms with E-state index in [2.05, 4.69) is 36.5 Å². The zero-order chi connectivity index (χ0) is 13.2. The smallest absolute Gasteiger partial charge is 0.0741 e. The SMILES string of the molecule is CCC(C)(O)CNC1CC(c2cccc(C)c2)C1. The summed E-state index contributed by atoms with van der Waals surface area (Å²) < 4.78 is 0. The molecule has 2 rings (SSSR count). The molecule has 1 aliphatic carbocycles. The van der Waals surface area contributed by atoms with Gasteiger partial charge < -0.3 is 10.4 Å². The van der Waals surface area contributed by atoms with Crippen LogP contribution < -0.4 is 5.32 Å². The summed E-state index contributed by atoms with van der Waals surface area (Å²) in [5, 5.41) is 13.4. The van der Waals surface area contributed by atoms with Crippen LogP contribution in [0.25, 0.3) is 0 Å². The molecule has 0 amide bonds. The minimum atomic E-state index is -0.561. The first-order chi connectivity index (χ1) is 8.50. The van der Waals surface area contributed by atoms with E-state index in [1.165, 1.54) is 24.0 Å². The van der Waals surface area contributed by atoms with Gasteiger partial charge in [0.2, 0.25) is 0 Å². The van der Waals surface area contributed by atoms with Crippen LogP contribution in [0.4, 0.5) is 0 Å². The van der Waals surface area contributed by atoms with E-state index in [0.29, 0.717) is 18.5 Å². The Bertz CT molecular complexity index is 394. The highest BCUT2D eigenvalue weighted by Gasteiger charge is 2.31. The minimum absolute atomic E-state index is 0.561. The van der Waals surface area contributed by atoms with Gasteiger partial charge in [-0.1, -0.05) is 36.8 Å². The highest BCUT2D eigenvalue weighted by atomic mass is 16.3. The zero-order valence-electron chi connectivity index (χ0n) is 11.7.